The molecule has 5 heteroatoms. The van der Waals surface area contributed by atoms with E-state index >= 15 is 0 Å². The fourth-order valence-electron chi connectivity index (χ4n) is 4.08. The number of rotatable bonds is 8. The molecule has 5 nitrogen and oxygen atoms in total. The molecular formula is C24H30O5. The molecule has 2 heterocycles. The molecule has 2 aliphatic rings. The van der Waals surface area contributed by atoms with Crippen LogP contribution in [0.15, 0.2) is 60.7 Å². The van der Waals surface area contributed by atoms with E-state index in [0.717, 1.165) is 17.5 Å². The SMILES string of the molecule is CC[C@]1(COCc2ccccc2)O[C@@H]2OC(C)(C)O[C@@H]2[C@@H]1OCc1ccccc1. The number of hydrogen-bond donors (Lipinski definition) is 0. The molecule has 4 atom stereocenters. The lowest BCUT2D eigenvalue weighted by molar-refractivity contribution is -0.255. The maximum Gasteiger partial charge on any atom is 0.190 e. The molecule has 0 aliphatic carbocycles. The molecule has 29 heavy (non-hydrogen) atoms. The Kier molecular flexibility index (Phi) is 6.04. The van der Waals surface area contributed by atoms with Crippen LogP contribution in [0.4, 0.5) is 0 Å². The molecule has 2 saturated heterocycles. The van der Waals surface area contributed by atoms with E-state index in [9.17, 15) is 0 Å². The molecule has 0 radical (unpaired) electrons. The summed E-state index contributed by atoms with van der Waals surface area (Å²) < 4.78 is 31.0. The molecule has 0 N–H and O–H groups in total. The van der Waals surface area contributed by atoms with E-state index in [1.165, 1.54) is 0 Å². The Morgan fingerprint density at radius 3 is 2.07 bits per heavy atom. The fourth-order valence-corrected chi connectivity index (χ4v) is 4.08. The molecule has 0 bridgehead atoms. The molecule has 2 fully saturated rings. The summed E-state index contributed by atoms with van der Waals surface area (Å²) in [4.78, 5) is 0. The normalized spacial score (nSPS) is 30.4. The molecule has 2 aliphatic heterocycles. The molecule has 2 aromatic carbocycles. The maximum atomic E-state index is 6.40. The molecule has 0 spiro atoms. The summed E-state index contributed by atoms with van der Waals surface area (Å²) in [6.07, 6.45) is -0.281. The molecule has 0 aromatic heterocycles. The Bertz CT molecular complexity index is 778. The van der Waals surface area contributed by atoms with E-state index in [-0.39, 0.29) is 12.2 Å². The van der Waals surface area contributed by atoms with Crippen molar-refractivity contribution in [3.8, 4) is 0 Å². The second-order valence-electron chi connectivity index (χ2n) is 8.20. The van der Waals surface area contributed by atoms with E-state index in [1.807, 2.05) is 50.2 Å². The van der Waals surface area contributed by atoms with E-state index in [0.29, 0.717) is 19.8 Å². The first kappa shape index (κ1) is 20.5. The third kappa shape index (κ3) is 4.55. The van der Waals surface area contributed by atoms with Crippen molar-refractivity contribution >= 4 is 0 Å². The van der Waals surface area contributed by atoms with Crippen LogP contribution in [0.1, 0.15) is 38.3 Å². The van der Waals surface area contributed by atoms with Crippen LogP contribution in [-0.2, 0) is 36.9 Å². The molecule has 4 rings (SSSR count). The van der Waals surface area contributed by atoms with Crippen LogP contribution in [0.3, 0.4) is 0 Å². The zero-order valence-electron chi connectivity index (χ0n) is 17.4. The summed E-state index contributed by atoms with van der Waals surface area (Å²) in [5.41, 5.74) is 1.63. The molecule has 2 aromatic rings. The van der Waals surface area contributed by atoms with Gasteiger partial charge in [0.15, 0.2) is 12.1 Å². The highest BCUT2D eigenvalue weighted by Crippen LogP contribution is 2.45. The summed E-state index contributed by atoms with van der Waals surface area (Å²) in [5, 5.41) is 0. The Hall–Kier alpha value is -1.76. The van der Waals surface area contributed by atoms with Crippen LogP contribution in [0.25, 0.3) is 0 Å². The van der Waals surface area contributed by atoms with Crippen molar-refractivity contribution in [3.63, 3.8) is 0 Å². The van der Waals surface area contributed by atoms with E-state index in [2.05, 4.69) is 31.2 Å². The summed E-state index contributed by atoms with van der Waals surface area (Å²) >= 11 is 0. The van der Waals surface area contributed by atoms with Crippen molar-refractivity contribution < 1.29 is 23.7 Å². The topological polar surface area (TPSA) is 46.2 Å². The summed E-state index contributed by atoms with van der Waals surface area (Å²) in [5.74, 6) is -0.686. The monoisotopic (exact) mass is 398 g/mol. The van der Waals surface area contributed by atoms with Crippen LogP contribution in [0, 0.1) is 0 Å². The second-order valence-corrected chi connectivity index (χ2v) is 8.20. The lowest BCUT2D eigenvalue weighted by Crippen LogP contribution is -2.49. The minimum Gasteiger partial charge on any atom is -0.374 e. The first-order chi connectivity index (χ1) is 14.0. The largest absolute Gasteiger partial charge is 0.374 e. The minimum atomic E-state index is -0.686. The predicted molar refractivity (Wildman–Crippen MR) is 109 cm³/mol. The Morgan fingerprint density at radius 1 is 0.828 bits per heavy atom. The van der Waals surface area contributed by atoms with E-state index < -0.39 is 17.7 Å². The zero-order chi connectivity index (χ0) is 20.3. The van der Waals surface area contributed by atoms with Gasteiger partial charge < -0.3 is 23.7 Å². The third-order valence-corrected chi connectivity index (χ3v) is 5.58. The van der Waals surface area contributed by atoms with E-state index in [4.69, 9.17) is 23.7 Å². The summed E-state index contributed by atoms with van der Waals surface area (Å²) in [6, 6.07) is 20.3. The Labute approximate surface area is 172 Å². The quantitative estimate of drug-likeness (QED) is 0.658. The average molecular weight is 398 g/mol. The smallest absolute Gasteiger partial charge is 0.190 e. The van der Waals surface area contributed by atoms with Crippen molar-refractivity contribution in [1.29, 1.82) is 0 Å². The van der Waals surface area contributed by atoms with Gasteiger partial charge in [-0.25, -0.2) is 0 Å². The van der Waals surface area contributed by atoms with Gasteiger partial charge in [0.25, 0.3) is 0 Å². The van der Waals surface area contributed by atoms with Crippen LogP contribution < -0.4 is 0 Å². The lowest BCUT2D eigenvalue weighted by Gasteiger charge is -2.36. The summed E-state index contributed by atoms with van der Waals surface area (Å²) in [7, 11) is 0. The van der Waals surface area contributed by atoms with Gasteiger partial charge in [-0.2, -0.15) is 0 Å². The maximum absolute atomic E-state index is 6.40. The summed E-state index contributed by atoms with van der Waals surface area (Å²) in [6.45, 7) is 7.34. The van der Waals surface area contributed by atoms with Gasteiger partial charge in [-0.15, -0.1) is 0 Å². The Balaban J connectivity index is 1.48. The molecule has 0 unspecified atom stereocenters. The standard InChI is InChI=1S/C24H30O5/c1-4-24(17-25-15-18-11-7-5-8-12-18)21(26-16-19-13-9-6-10-14-19)20-22(29-24)28-23(2,3)27-20/h5-14,20-22H,4,15-17H2,1-3H3/t20-,21+,22+,24-/m1/s1. The van der Waals surface area contributed by atoms with Gasteiger partial charge in [-0.1, -0.05) is 67.6 Å². The van der Waals surface area contributed by atoms with Crippen molar-refractivity contribution in [2.24, 2.45) is 0 Å². The number of benzene rings is 2. The highest BCUT2D eigenvalue weighted by molar-refractivity contribution is 5.15. The van der Waals surface area contributed by atoms with Gasteiger partial charge >= 0.3 is 0 Å². The Morgan fingerprint density at radius 2 is 1.45 bits per heavy atom. The van der Waals surface area contributed by atoms with Gasteiger partial charge in [0.2, 0.25) is 0 Å². The van der Waals surface area contributed by atoms with E-state index in [1.54, 1.807) is 0 Å². The van der Waals surface area contributed by atoms with Crippen LogP contribution in [0.5, 0.6) is 0 Å². The van der Waals surface area contributed by atoms with Gasteiger partial charge in [0, 0.05) is 0 Å². The van der Waals surface area contributed by atoms with Crippen LogP contribution >= 0.6 is 0 Å². The number of hydrogen-bond acceptors (Lipinski definition) is 5. The molecule has 0 saturated carbocycles. The third-order valence-electron chi connectivity index (χ3n) is 5.58. The van der Waals surface area contributed by atoms with Gasteiger partial charge in [0.05, 0.1) is 19.8 Å². The second kappa shape index (κ2) is 8.54. The minimum absolute atomic E-state index is 0.282. The highest BCUT2D eigenvalue weighted by atomic mass is 16.8. The first-order valence-corrected chi connectivity index (χ1v) is 10.3. The van der Waals surface area contributed by atoms with Crippen LogP contribution in [-0.4, -0.2) is 36.5 Å². The van der Waals surface area contributed by atoms with Crippen molar-refractivity contribution in [1.82, 2.24) is 0 Å². The highest BCUT2D eigenvalue weighted by Gasteiger charge is 2.62. The first-order valence-electron chi connectivity index (χ1n) is 10.3. The van der Waals surface area contributed by atoms with Crippen LogP contribution in [0.2, 0.25) is 0 Å². The number of fused-ring (bicyclic) bond motifs is 1. The van der Waals surface area contributed by atoms with Crippen molar-refractivity contribution in [3.05, 3.63) is 71.8 Å². The lowest BCUT2D eigenvalue weighted by atomic mass is 9.93. The number of ether oxygens (including phenoxy) is 5. The van der Waals surface area contributed by atoms with Crippen molar-refractivity contribution in [2.75, 3.05) is 6.61 Å². The molecule has 0 amide bonds. The fraction of sp³-hybridized carbons (Fsp3) is 0.500. The average Bonchev–Trinajstić information content (AvgIpc) is 3.17. The predicted octanol–water partition coefficient (Wildman–Crippen LogP) is 4.45. The zero-order valence-corrected chi connectivity index (χ0v) is 17.4. The molecule has 156 valence electrons. The van der Waals surface area contributed by atoms with Gasteiger partial charge in [-0.3, -0.25) is 0 Å². The van der Waals surface area contributed by atoms with Gasteiger partial charge in [-0.05, 0) is 31.4 Å². The molecular weight excluding hydrogens is 368 g/mol. The van der Waals surface area contributed by atoms with Gasteiger partial charge in [0.1, 0.15) is 17.8 Å². The van der Waals surface area contributed by atoms with Crippen molar-refractivity contribution in [2.45, 2.75) is 70.3 Å².